The van der Waals surface area contributed by atoms with Crippen molar-refractivity contribution in [1.82, 2.24) is 0 Å². The smallest absolute Gasteiger partial charge is 0.393 e. The fourth-order valence-electron chi connectivity index (χ4n) is 5.81. The number of ether oxygens (including phenoxy) is 2. The van der Waals surface area contributed by atoms with E-state index in [-0.39, 0.29) is 43.4 Å². The lowest BCUT2D eigenvalue weighted by Gasteiger charge is -2.44. The van der Waals surface area contributed by atoms with E-state index in [4.69, 9.17) is 9.47 Å². The van der Waals surface area contributed by atoms with Crippen LogP contribution in [0.2, 0.25) is 0 Å². The zero-order chi connectivity index (χ0) is 27.6. The average molecular weight is 539 g/mol. The van der Waals surface area contributed by atoms with Gasteiger partial charge in [0.25, 0.3) is 0 Å². The molecule has 2 aliphatic heterocycles. The summed E-state index contributed by atoms with van der Waals surface area (Å²) in [5, 5.41) is 9.18. The first-order chi connectivity index (χ1) is 18.0. The molecule has 0 radical (unpaired) electrons. The highest BCUT2D eigenvalue weighted by Gasteiger charge is 2.48. The van der Waals surface area contributed by atoms with Gasteiger partial charge in [0.15, 0.2) is 0 Å². The van der Waals surface area contributed by atoms with Crippen LogP contribution >= 0.6 is 0 Å². The molecule has 0 aromatic heterocycles. The van der Waals surface area contributed by atoms with Gasteiger partial charge in [0.2, 0.25) is 0 Å². The van der Waals surface area contributed by atoms with Crippen molar-refractivity contribution in [1.29, 1.82) is 0 Å². The van der Waals surface area contributed by atoms with E-state index in [1.165, 1.54) is 11.0 Å². The van der Waals surface area contributed by atoms with Crippen LogP contribution in [-0.4, -0.2) is 54.6 Å². The molecule has 2 heterocycles. The maximum atomic E-state index is 14.7. The first kappa shape index (κ1) is 27.9. The number of carboxylic acids is 1. The molecule has 2 aromatic carbocycles. The summed E-state index contributed by atoms with van der Waals surface area (Å²) in [6.07, 6.45) is -3.77. The molecule has 2 fully saturated rings. The van der Waals surface area contributed by atoms with Crippen molar-refractivity contribution < 1.29 is 36.9 Å². The number of aliphatic carboxylic acids is 1. The third-order valence-electron chi connectivity index (χ3n) is 7.42. The monoisotopic (exact) mass is 538 g/mol. The SMILES string of the molecule is CCOc1ccc(F)c(N2C(C)CC(Oc3ccc(N4CC(C(F)(F)F)CC4CC(=O)O)cc3)CC2C)c1. The van der Waals surface area contributed by atoms with E-state index in [0.717, 1.165) is 0 Å². The van der Waals surface area contributed by atoms with Gasteiger partial charge in [-0.25, -0.2) is 4.39 Å². The summed E-state index contributed by atoms with van der Waals surface area (Å²) >= 11 is 0. The van der Waals surface area contributed by atoms with Crippen LogP contribution in [0, 0.1) is 11.7 Å². The number of rotatable bonds is 8. The van der Waals surface area contributed by atoms with Crippen LogP contribution in [0.25, 0.3) is 0 Å². The number of anilines is 2. The fraction of sp³-hybridized carbons (Fsp3) is 0.536. The highest BCUT2D eigenvalue weighted by atomic mass is 19.4. The van der Waals surface area contributed by atoms with Gasteiger partial charge in [-0.15, -0.1) is 0 Å². The van der Waals surface area contributed by atoms with E-state index < -0.39 is 24.1 Å². The van der Waals surface area contributed by atoms with Crippen molar-refractivity contribution in [3.8, 4) is 11.5 Å². The summed E-state index contributed by atoms with van der Waals surface area (Å²) in [4.78, 5) is 14.8. The number of benzene rings is 2. The van der Waals surface area contributed by atoms with Gasteiger partial charge in [-0.1, -0.05) is 0 Å². The van der Waals surface area contributed by atoms with Crippen LogP contribution in [0.3, 0.4) is 0 Å². The van der Waals surface area contributed by atoms with Crippen LogP contribution in [0.5, 0.6) is 11.5 Å². The zero-order valence-electron chi connectivity index (χ0n) is 21.7. The Balaban J connectivity index is 1.42. The minimum absolute atomic E-state index is 0.00456. The lowest BCUT2D eigenvalue weighted by Crippen LogP contribution is -2.50. The minimum atomic E-state index is -4.37. The molecule has 0 saturated carbocycles. The second-order valence-corrected chi connectivity index (χ2v) is 10.2. The molecule has 0 bridgehead atoms. The van der Waals surface area contributed by atoms with Crippen molar-refractivity contribution in [3.05, 3.63) is 48.3 Å². The van der Waals surface area contributed by atoms with Crippen LogP contribution in [-0.2, 0) is 4.79 Å². The molecule has 1 N–H and O–H groups in total. The van der Waals surface area contributed by atoms with Gasteiger partial charge < -0.3 is 24.4 Å². The van der Waals surface area contributed by atoms with Crippen LogP contribution < -0.4 is 19.3 Å². The maximum Gasteiger partial charge on any atom is 0.393 e. The second kappa shape index (κ2) is 11.3. The second-order valence-electron chi connectivity index (χ2n) is 10.2. The van der Waals surface area contributed by atoms with Crippen molar-refractivity contribution in [2.75, 3.05) is 23.0 Å². The van der Waals surface area contributed by atoms with E-state index in [2.05, 4.69) is 0 Å². The largest absolute Gasteiger partial charge is 0.494 e. The molecule has 2 aliphatic rings. The molecule has 38 heavy (non-hydrogen) atoms. The minimum Gasteiger partial charge on any atom is -0.494 e. The molecule has 4 rings (SSSR count). The summed E-state index contributed by atoms with van der Waals surface area (Å²) in [6.45, 7) is 6.15. The van der Waals surface area contributed by atoms with Crippen molar-refractivity contribution in [2.45, 2.75) is 76.9 Å². The lowest BCUT2D eigenvalue weighted by atomic mass is 9.93. The van der Waals surface area contributed by atoms with Crippen LogP contribution in [0.1, 0.15) is 46.5 Å². The predicted molar refractivity (Wildman–Crippen MR) is 137 cm³/mol. The van der Waals surface area contributed by atoms with Gasteiger partial charge in [0, 0.05) is 49.3 Å². The maximum absolute atomic E-state index is 14.7. The number of alkyl halides is 3. The molecule has 0 amide bonds. The first-order valence-corrected chi connectivity index (χ1v) is 13.0. The summed E-state index contributed by atoms with van der Waals surface area (Å²) in [5.41, 5.74) is 1.04. The molecular weight excluding hydrogens is 504 g/mol. The molecule has 4 atom stereocenters. The summed E-state index contributed by atoms with van der Waals surface area (Å²) in [6, 6.07) is 10.8. The van der Waals surface area contributed by atoms with Gasteiger partial charge in [0.1, 0.15) is 23.4 Å². The van der Waals surface area contributed by atoms with Crippen molar-refractivity contribution in [3.63, 3.8) is 0 Å². The van der Waals surface area contributed by atoms with Gasteiger partial charge in [0.05, 0.1) is 24.6 Å². The third kappa shape index (κ3) is 6.27. The Morgan fingerprint density at radius 3 is 2.24 bits per heavy atom. The van der Waals surface area contributed by atoms with Gasteiger partial charge >= 0.3 is 12.1 Å². The lowest BCUT2D eigenvalue weighted by molar-refractivity contribution is -0.169. The number of halogens is 4. The molecular formula is C28H34F4N2O4. The Hall–Kier alpha value is -3.17. The zero-order valence-corrected chi connectivity index (χ0v) is 21.7. The molecule has 208 valence electrons. The number of piperidine rings is 1. The van der Waals surface area contributed by atoms with E-state index in [9.17, 15) is 27.5 Å². The van der Waals surface area contributed by atoms with Gasteiger partial charge in [-0.3, -0.25) is 4.79 Å². The molecule has 0 spiro atoms. The number of nitrogens with zero attached hydrogens (tertiary/aromatic N) is 2. The van der Waals surface area contributed by atoms with Crippen LogP contribution in [0.4, 0.5) is 28.9 Å². The van der Waals surface area contributed by atoms with Gasteiger partial charge in [-0.2, -0.15) is 13.2 Å². The van der Waals surface area contributed by atoms with E-state index in [1.54, 1.807) is 36.4 Å². The Kier molecular flexibility index (Phi) is 8.28. The predicted octanol–water partition coefficient (Wildman–Crippen LogP) is 6.28. The van der Waals surface area contributed by atoms with Crippen LogP contribution in [0.15, 0.2) is 42.5 Å². The molecule has 2 aromatic rings. The summed E-state index contributed by atoms with van der Waals surface area (Å²) < 4.78 is 66.5. The number of hydrogen-bond acceptors (Lipinski definition) is 5. The molecule has 6 nitrogen and oxygen atoms in total. The fourth-order valence-corrected chi connectivity index (χ4v) is 5.81. The Bertz CT molecular complexity index is 1100. The molecule has 4 unspecified atom stereocenters. The Morgan fingerprint density at radius 1 is 1.03 bits per heavy atom. The number of carbonyl (C=O) groups is 1. The normalized spacial score (nSPS) is 25.9. The third-order valence-corrected chi connectivity index (χ3v) is 7.42. The molecule has 2 saturated heterocycles. The summed E-state index contributed by atoms with van der Waals surface area (Å²) in [7, 11) is 0. The molecule has 0 aliphatic carbocycles. The highest BCUT2D eigenvalue weighted by Crippen LogP contribution is 2.40. The van der Waals surface area contributed by atoms with Crippen molar-refractivity contribution >= 4 is 17.3 Å². The van der Waals surface area contributed by atoms with E-state index >= 15 is 0 Å². The quantitative estimate of drug-likeness (QED) is 0.399. The van der Waals surface area contributed by atoms with Crippen molar-refractivity contribution in [2.24, 2.45) is 5.92 Å². The number of hydrogen-bond donors (Lipinski definition) is 1. The topological polar surface area (TPSA) is 62.2 Å². The Morgan fingerprint density at radius 2 is 1.66 bits per heavy atom. The van der Waals surface area contributed by atoms with E-state index in [1.807, 2.05) is 25.7 Å². The average Bonchev–Trinajstić information content (AvgIpc) is 3.25. The standard InChI is InChI=1S/C28H34F4N2O4/c1-4-37-23-9-10-25(29)26(15-23)34-17(2)11-24(12-18(34)3)38-22-7-5-20(6-8-22)33-16-19(28(30,31)32)13-21(33)14-27(35)36/h5-10,15,17-19,21,24H,4,11-14,16H2,1-3H3,(H,35,36). The number of carboxylic acid groups (broad SMARTS) is 1. The molecule has 10 heteroatoms. The van der Waals surface area contributed by atoms with Gasteiger partial charge in [-0.05, 0) is 63.6 Å². The highest BCUT2D eigenvalue weighted by molar-refractivity contribution is 5.69. The summed E-state index contributed by atoms with van der Waals surface area (Å²) in [5.74, 6) is -1.79. The van der Waals surface area contributed by atoms with E-state index in [0.29, 0.717) is 42.3 Å². The Labute approximate surface area is 220 Å². The first-order valence-electron chi connectivity index (χ1n) is 13.0.